The van der Waals surface area contributed by atoms with Crippen molar-refractivity contribution in [2.24, 2.45) is 5.92 Å². The van der Waals surface area contributed by atoms with Gasteiger partial charge in [-0.3, -0.25) is 14.5 Å². The minimum absolute atomic E-state index is 0.0562. The number of fused-ring (bicyclic) bond motifs is 2. The molecule has 4 nitrogen and oxygen atoms in total. The van der Waals surface area contributed by atoms with Crippen molar-refractivity contribution in [3.05, 3.63) is 101 Å². The van der Waals surface area contributed by atoms with Crippen LogP contribution in [0.3, 0.4) is 0 Å². The van der Waals surface area contributed by atoms with Crippen molar-refractivity contribution in [1.29, 1.82) is 0 Å². The topological polar surface area (TPSA) is 40.6 Å². The largest absolute Gasteiger partial charge is 0.334 e. The number of hydrogen-bond acceptors (Lipinski definition) is 3. The van der Waals surface area contributed by atoms with Crippen LogP contribution in [0.2, 0.25) is 0 Å². The summed E-state index contributed by atoms with van der Waals surface area (Å²) in [4.78, 5) is 30.3. The highest BCUT2D eigenvalue weighted by Gasteiger charge is 2.45. The fourth-order valence-corrected chi connectivity index (χ4v) is 4.84. The summed E-state index contributed by atoms with van der Waals surface area (Å²) in [5.41, 5.74) is 6.40. The summed E-state index contributed by atoms with van der Waals surface area (Å²) >= 11 is 0. The molecule has 1 aliphatic heterocycles. The van der Waals surface area contributed by atoms with Gasteiger partial charge in [-0.05, 0) is 23.1 Å². The first kappa shape index (κ1) is 17.7. The molecule has 1 unspecified atom stereocenters. The monoisotopic (exact) mass is 382 g/mol. The van der Waals surface area contributed by atoms with E-state index in [0.717, 1.165) is 39.1 Å². The number of amides is 1. The van der Waals surface area contributed by atoms with Crippen molar-refractivity contribution in [1.82, 2.24) is 9.80 Å². The number of benzene rings is 2. The molecule has 3 aliphatic rings. The molecule has 0 saturated carbocycles. The molecular formula is C25H22N2O2. The van der Waals surface area contributed by atoms with Crippen LogP contribution < -0.4 is 0 Å². The van der Waals surface area contributed by atoms with E-state index in [1.807, 2.05) is 54.4 Å². The van der Waals surface area contributed by atoms with Crippen molar-refractivity contribution < 1.29 is 9.59 Å². The van der Waals surface area contributed by atoms with Gasteiger partial charge in [-0.25, -0.2) is 0 Å². The van der Waals surface area contributed by atoms with Gasteiger partial charge in [-0.1, -0.05) is 61.2 Å². The minimum atomic E-state index is -0.262. The van der Waals surface area contributed by atoms with E-state index in [1.54, 1.807) is 11.9 Å². The zero-order valence-corrected chi connectivity index (χ0v) is 16.6. The Hall–Kier alpha value is -3.40. The molecule has 4 heteroatoms. The highest BCUT2D eigenvalue weighted by molar-refractivity contribution is 6.23. The molecule has 0 fully saturated rings. The fourth-order valence-electron chi connectivity index (χ4n) is 4.84. The van der Waals surface area contributed by atoms with Crippen molar-refractivity contribution in [3.63, 3.8) is 0 Å². The standard InChI is InChI=1S/C25H22N2O2/c1-15-26(2)21-14-19-17-11-7-8-12-18(17)24(28)22(19)20(23(21)25(29)27(15)3)13-16-9-5-4-6-10-16/h4-12,20H,1,13-14H2,2-3H3. The molecule has 0 aromatic heterocycles. The highest BCUT2D eigenvalue weighted by Crippen LogP contribution is 2.50. The maximum atomic E-state index is 13.4. The Balaban J connectivity index is 1.71. The number of allylic oxidation sites excluding steroid dienone is 2. The van der Waals surface area contributed by atoms with Crippen molar-refractivity contribution in [2.75, 3.05) is 14.1 Å². The first-order chi connectivity index (χ1) is 14.0. The summed E-state index contributed by atoms with van der Waals surface area (Å²) in [6, 6.07) is 17.9. The smallest absolute Gasteiger partial charge is 0.257 e. The molecule has 5 rings (SSSR count). The van der Waals surface area contributed by atoms with Gasteiger partial charge >= 0.3 is 0 Å². The van der Waals surface area contributed by atoms with Gasteiger partial charge in [0.15, 0.2) is 5.78 Å². The van der Waals surface area contributed by atoms with Gasteiger partial charge in [0.25, 0.3) is 5.91 Å². The Morgan fingerprint density at radius 2 is 1.55 bits per heavy atom. The molecule has 1 amide bonds. The van der Waals surface area contributed by atoms with Crippen molar-refractivity contribution in [2.45, 2.75) is 12.8 Å². The average Bonchev–Trinajstić information content (AvgIpc) is 3.03. The summed E-state index contributed by atoms with van der Waals surface area (Å²) in [6.07, 6.45) is 1.20. The number of carbonyl (C=O) groups excluding carboxylic acids is 2. The molecule has 0 radical (unpaired) electrons. The van der Waals surface area contributed by atoms with Gasteiger partial charge < -0.3 is 4.90 Å². The molecule has 2 aromatic rings. The molecule has 2 aliphatic carbocycles. The van der Waals surface area contributed by atoms with Gasteiger partial charge in [-0.2, -0.15) is 0 Å². The lowest BCUT2D eigenvalue weighted by Gasteiger charge is -2.42. The van der Waals surface area contributed by atoms with E-state index in [-0.39, 0.29) is 17.6 Å². The zero-order chi connectivity index (χ0) is 20.3. The molecule has 0 N–H and O–H groups in total. The number of rotatable bonds is 2. The van der Waals surface area contributed by atoms with E-state index in [9.17, 15) is 9.59 Å². The van der Waals surface area contributed by atoms with Crippen molar-refractivity contribution in [3.8, 4) is 0 Å². The molecule has 0 bridgehead atoms. The van der Waals surface area contributed by atoms with Crippen LogP contribution in [0.15, 0.2) is 83.8 Å². The van der Waals surface area contributed by atoms with Crippen LogP contribution >= 0.6 is 0 Å². The first-order valence-corrected chi connectivity index (χ1v) is 9.83. The van der Waals surface area contributed by atoms with Gasteiger partial charge in [0.2, 0.25) is 0 Å². The lowest BCUT2D eigenvalue weighted by Crippen LogP contribution is -2.45. The normalized spacial score (nSPS) is 20.9. The molecule has 0 saturated heterocycles. The quantitative estimate of drug-likeness (QED) is 0.787. The lowest BCUT2D eigenvalue weighted by atomic mass is 9.75. The third kappa shape index (κ3) is 2.45. The third-order valence-corrected chi connectivity index (χ3v) is 6.42. The number of ketones is 1. The predicted octanol–water partition coefficient (Wildman–Crippen LogP) is 4.03. The van der Waals surface area contributed by atoms with E-state index in [1.165, 1.54) is 0 Å². The van der Waals surface area contributed by atoms with E-state index >= 15 is 0 Å². The second-order valence-electron chi connectivity index (χ2n) is 7.89. The Morgan fingerprint density at radius 1 is 0.897 bits per heavy atom. The zero-order valence-electron chi connectivity index (χ0n) is 16.6. The Labute approximate surface area is 170 Å². The number of hydrogen-bond donors (Lipinski definition) is 0. The van der Waals surface area contributed by atoms with Crippen LogP contribution in [0.1, 0.15) is 27.9 Å². The lowest BCUT2D eigenvalue weighted by molar-refractivity contribution is -0.126. The summed E-state index contributed by atoms with van der Waals surface area (Å²) in [6.45, 7) is 4.09. The predicted molar refractivity (Wildman–Crippen MR) is 113 cm³/mol. The molecule has 0 spiro atoms. The number of nitrogens with zero attached hydrogens (tertiary/aromatic N) is 2. The third-order valence-electron chi connectivity index (χ3n) is 6.42. The molecule has 1 atom stereocenters. The molecule has 144 valence electrons. The van der Waals surface area contributed by atoms with Gasteiger partial charge in [0, 0.05) is 48.8 Å². The van der Waals surface area contributed by atoms with Gasteiger partial charge in [0.1, 0.15) is 5.82 Å². The fraction of sp³-hybridized carbons (Fsp3) is 0.200. The van der Waals surface area contributed by atoms with Crippen LogP contribution in [0.5, 0.6) is 0 Å². The van der Waals surface area contributed by atoms with Crippen LogP contribution in [-0.4, -0.2) is 35.6 Å². The number of carbonyl (C=O) groups is 2. The van der Waals surface area contributed by atoms with Crippen LogP contribution in [0, 0.1) is 5.92 Å². The van der Waals surface area contributed by atoms with Crippen LogP contribution in [-0.2, 0) is 11.2 Å². The second kappa shape index (κ2) is 6.31. The van der Waals surface area contributed by atoms with E-state index in [2.05, 4.69) is 18.7 Å². The van der Waals surface area contributed by atoms with E-state index in [0.29, 0.717) is 18.7 Å². The summed E-state index contributed by atoms with van der Waals surface area (Å²) in [5.74, 6) is 0.403. The summed E-state index contributed by atoms with van der Waals surface area (Å²) < 4.78 is 0. The maximum absolute atomic E-state index is 13.4. The Bertz CT molecular complexity index is 1140. The number of likely N-dealkylation sites (N-methyl/N-ethyl adjacent to an activating group) is 1. The number of Topliss-reactive ketones (excluding diaryl/α,β-unsaturated/α-hetero) is 1. The maximum Gasteiger partial charge on any atom is 0.257 e. The minimum Gasteiger partial charge on any atom is -0.334 e. The van der Waals surface area contributed by atoms with E-state index < -0.39 is 0 Å². The van der Waals surface area contributed by atoms with Crippen molar-refractivity contribution >= 4 is 17.3 Å². The SMILES string of the molecule is C=C1N(C)C(=O)C2=C(CC3=C(C(=O)c4ccccc43)C2Cc2ccccc2)N1C. The van der Waals surface area contributed by atoms with Gasteiger partial charge in [-0.15, -0.1) is 0 Å². The van der Waals surface area contributed by atoms with Crippen LogP contribution in [0.25, 0.3) is 5.57 Å². The first-order valence-electron chi connectivity index (χ1n) is 9.83. The second-order valence-corrected chi connectivity index (χ2v) is 7.89. The average molecular weight is 382 g/mol. The highest BCUT2D eigenvalue weighted by atomic mass is 16.2. The molecule has 29 heavy (non-hydrogen) atoms. The summed E-state index contributed by atoms with van der Waals surface area (Å²) in [7, 11) is 3.70. The summed E-state index contributed by atoms with van der Waals surface area (Å²) in [5, 5.41) is 0. The Kier molecular flexibility index (Phi) is 3.85. The van der Waals surface area contributed by atoms with Crippen LogP contribution in [0.4, 0.5) is 0 Å². The molecular weight excluding hydrogens is 360 g/mol. The van der Waals surface area contributed by atoms with Gasteiger partial charge in [0.05, 0.1) is 0 Å². The van der Waals surface area contributed by atoms with E-state index in [4.69, 9.17) is 0 Å². The molecule has 1 heterocycles. The molecule has 2 aromatic carbocycles. The Morgan fingerprint density at radius 3 is 2.28 bits per heavy atom.